The molecule has 4 nitrogen and oxygen atoms in total. The van der Waals surface area contributed by atoms with Crippen molar-refractivity contribution < 1.29 is 13.9 Å². The maximum absolute atomic E-state index is 11.5. The van der Waals surface area contributed by atoms with E-state index in [4.69, 9.17) is 20.8 Å². The van der Waals surface area contributed by atoms with Crippen molar-refractivity contribution in [3.8, 4) is 17.2 Å². The molecule has 22 heavy (non-hydrogen) atoms. The van der Waals surface area contributed by atoms with Crippen LogP contribution in [-0.2, 0) is 6.61 Å². The van der Waals surface area contributed by atoms with Crippen LogP contribution >= 0.6 is 11.6 Å². The van der Waals surface area contributed by atoms with Crippen LogP contribution in [0.15, 0.2) is 65.1 Å². The highest BCUT2D eigenvalue weighted by atomic mass is 35.5. The normalized spacial score (nSPS) is 10.4. The topological polar surface area (TPSA) is 52.3 Å². The number of oxazole rings is 1. The Morgan fingerprint density at radius 2 is 1.68 bits per heavy atom. The number of nitrogens with zero attached hydrogens (tertiary/aromatic N) is 1. The summed E-state index contributed by atoms with van der Waals surface area (Å²) in [6.45, 7) is 0.0810. The van der Waals surface area contributed by atoms with Gasteiger partial charge in [-0.25, -0.2) is 4.98 Å². The van der Waals surface area contributed by atoms with Gasteiger partial charge in [0.05, 0.1) is 0 Å². The van der Waals surface area contributed by atoms with E-state index in [0.717, 1.165) is 5.56 Å². The van der Waals surface area contributed by atoms with Crippen LogP contribution in [-0.4, -0.2) is 10.2 Å². The van der Waals surface area contributed by atoms with Crippen molar-refractivity contribution in [3.63, 3.8) is 0 Å². The lowest BCUT2D eigenvalue weighted by Gasteiger charge is -2.03. The van der Waals surface area contributed by atoms with Gasteiger partial charge in [0.15, 0.2) is 11.5 Å². The van der Waals surface area contributed by atoms with Gasteiger partial charge in [0.2, 0.25) is 5.89 Å². The summed E-state index contributed by atoms with van der Waals surface area (Å²) >= 11 is 5.57. The van der Waals surface area contributed by atoms with Gasteiger partial charge in [-0.15, -0.1) is 0 Å². The molecule has 0 N–H and O–H groups in total. The van der Waals surface area contributed by atoms with Crippen molar-refractivity contribution in [2.24, 2.45) is 0 Å². The molecule has 0 amide bonds. The maximum atomic E-state index is 11.5. The molecule has 0 spiro atoms. The minimum atomic E-state index is -0.669. The predicted molar refractivity (Wildman–Crippen MR) is 82.9 cm³/mol. The van der Waals surface area contributed by atoms with E-state index in [1.807, 2.05) is 60.7 Å². The van der Waals surface area contributed by atoms with Crippen molar-refractivity contribution in [3.05, 3.63) is 72.1 Å². The lowest BCUT2D eigenvalue weighted by atomic mass is 10.2. The highest BCUT2D eigenvalue weighted by molar-refractivity contribution is 6.67. The summed E-state index contributed by atoms with van der Waals surface area (Å²) in [6, 6.07) is 18.5. The van der Waals surface area contributed by atoms with E-state index >= 15 is 0 Å². The summed E-state index contributed by atoms with van der Waals surface area (Å²) in [4.78, 5) is 15.7. The zero-order chi connectivity index (χ0) is 15.4. The van der Waals surface area contributed by atoms with Gasteiger partial charge in [0.1, 0.15) is 12.4 Å². The largest absolute Gasteiger partial charge is 0.486 e. The third-order valence-corrected chi connectivity index (χ3v) is 3.20. The molecule has 110 valence electrons. The van der Waals surface area contributed by atoms with Crippen LogP contribution in [0.2, 0.25) is 0 Å². The summed E-state index contributed by atoms with van der Waals surface area (Å²) in [6.07, 6.45) is 0. The number of hydrogen-bond acceptors (Lipinski definition) is 4. The van der Waals surface area contributed by atoms with Crippen LogP contribution in [0.4, 0.5) is 0 Å². The SMILES string of the molecule is O=C(Cl)c1nc(-c2ccccc2)oc1COc1ccccc1. The molecule has 2 aromatic carbocycles. The van der Waals surface area contributed by atoms with Gasteiger partial charge in [-0.1, -0.05) is 36.4 Å². The van der Waals surface area contributed by atoms with Crippen LogP contribution in [0.25, 0.3) is 11.5 Å². The summed E-state index contributed by atoms with van der Waals surface area (Å²) in [5, 5.41) is -0.669. The minimum absolute atomic E-state index is 0.0800. The third-order valence-electron chi connectivity index (χ3n) is 3.02. The summed E-state index contributed by atoms with van der Waals surface area (Å²) in [7, 11) is 0. The van der Waals surface area contributed by atoms with Crippen molar-refractivity contribution in [2.45, 2.75) is 6.61 Å². The van der Waals surface area contributed by atoms with Gasteiger partial charge in [-0.05, 0) is 35.9 Å². The van der Waals surface area contributed by atoms with Crippen LogP contribution in [0.3, 0.4) is 0 Å². The Kier molecular flexibility index (Phi) is 4.21. The van der Waals surface area contributed by atoms with Crippen molar-refractivity contribution in [1.82, 2.24) is 4.98 Å². The molecule has 3 rings (SSSR count). The Morgan fingerprint density at radius 1 is 1.05 bits per heavy atom. The second-order valence-corrected chi connectivity index (χ2v) is 4.88. The molecule has 0 aliphatic carbocycles. The molecule has 0 aliphatic heterocycles. The van der Waals surface area contributed by atoms with E-state index in [0.29, 0.717) is 17.4 Å². The van der Waals surface area contributed by atoms with Crippen LogP contribution in [0.5, 0.6) is 5.75 Å². The van der Waals surface area contributed by atoms with E-state index in [2.05, 4.69) is 4.98 Å². The molecule has 0 atom stereocenters. The number of aromatic nitrogens is 1. The molecular formula is C17H12ClNO3. The molecular weight excluding hydrogens is 302 g/mol. The number of para-hydroxylation sites is 1. The fourth-order valence-electron chi connectivity index (χ4n) is 1.97. The molecule has 0 aliphatic rings. The second-order valence-electron chi connectivity index (χ2n) is 4.53. The maximum Gasteiger partial charge on any atom is 0.274 e. The number of hydrogen-bond donors (Lipinski definition) is 0. The number of benzene rings is 2. The van der Waals surface area contributed by atoms with E-state index in [1.165, 1.54) is 0 Å². The Morgan fingerprint density at radius 3 is 2.32 bits per heavy atom. The van der Waals surface area contributed by atoms with Gasteiger partial charge >= 0.3 is 0 Å². The monoisotopic (exact) mass is 313 g/mol. The highest BCUT2D eigenvalue weighted by Crippen LogP contribution is 2.24. The first kappa shape index (κ1) is 14.4. The summed E-state index contributed by atoms with van der Waals surface area (Å²) < 4.78 is 11.2. The molecule has 0 bridgehead atoms. The molecule has 0 saturated heterocycles. The zero-order valence-electron chi connectivity index (χ0n) is 11.5. The lowest BCUT2D eigenvalue weighted by Crippen LogP contribution is -2.00. The summed E-state index contributed by atoms with van der Waals surface area (Å²) in [5.74, 6) is 1.33. The Balaban J connectivity index is 1.86. The van der Waals surface area contributed by atoms with Crippen LogP contribution in [0, 0.1) is 0 Å². The first-order chi connectivity index (χ1) is 10.7. The Labute approximate surface area is 132 Å². The highest BCUT2D eigenvalue weighted by Gasteiger charge is 2.19. The number of ether oxygens (including phenoxy) is 1. The van der Waals surface area contributed by atoms with Gasteiger partial charge in [-0.2, -0.15) is 0 Å². The molecule has 0 unspecified atom stereocenters. The third kappa shape index (κ3) is 3.18. The van der Waals surface area contributed by atoms with E-state index < -0.39 is 5.24 Å². The van der Waals surface area contributed by atoms with Crippen molar-refractivity contribution in [1.29, 1.82) is 0 Å². The van der Waals surface area contributed by atoms with E-state index in [9.17, 15) is 4.79 Å². The zero-order valence-corrected chi connectivity index (χ0v) is 12.3. The fraction of sp³-hybridized carbons (Fsp3) is 0.0588. The molecule has 0 saturated carbocycles. The number of carbonyl (C=O) groups excluding carboxylic acids is 1. The molecule has 3 aromatic rings. The molecule has 0 fully saturated rings. The fourth-order valence-corrected chi connectivity index (χ4v) is 2.12. The predicted octanol–water partition coefficient (Wildman–Crippen LogP) is 4.30. The lowest BCUT2D eigenvalue weighted by molar-refractivity contribution is 0.107. The van der Waals surface area contributed by atoms with E-state index in [-0.39, 0.29) is 12.3 Å². The standard InChI is InChI=1S/C17H12ClNO3/c18-16(20)15-14(11-21-13-9-5-2-6-10-13)22-17(19-15)12-7-3-1-4-8-12/h1-10H,11H2. The average Bonchev–Trinajstić information content (AvgIpc) is 2.99. The first-order valence-electron chi connectivity index (χ1n) is 6.67. The van der Waals surface area contributed by atoms with Gasteiger partial charge in [0, 0.05) is 5.56 Å². The van der Waals surface area contributed by atoms with Gasteiger partial charge in [-0.3, -0.25) is 4.79 Å². The summed E-state index contributed by atoms with van der Waals surface area (Å²) in [5.41, 5.74) is 0.851. The number of rotatable bonds is 5. The van der Waals surface area contributed by atoms with Crippen molar-refractivity contribution in [2.75, 3.05) is 0 Å². The smallest absolute Gasteiger partial charge is 0.274 e. The average molecular weight is 314 g/mol. The second kappa shape index (κ2) is 6.45. The van der Waals surface area contributed by atoms with Gasteiger partial charge in [0.25, 0.3) is 5.24 Å². The van der Waals surface area contributed by atoms with Crippen molar-refractivity contribution >= 4 is 16.8 Å². The molecule has 1 heterocycles. The first-order valence-corrected chi connectivity index (χ1v) is 7.04. The number of carbonyl (C=O) groups is 1. The van der Waals surface area contributed by atoms with Crippen LogP contribution < -0.4 is 4.74 Å². The van der Waals surface area contributed by atoms with Crippen LogP contribution in [0.1, 0.15) is 16.2 Å². The van der Waals surface area contributed by atoms with Gasteiger partial charge < -0.3 is 9.15 Å². The van der Waals surface area contributed by atoms with E-state index in [1.54, 1.807) is 0 Å². The Hall–Kier alpha value is -2.59. The number of halogens is 1. The Bertz CT molecular complexity index is 769. The minimum Gasteiger partial charge on any atom is -0.486 e. The quantitative estimate of drug-likeness (QED) is 0.659. The molecule has 1 aromatic heterocycles. The molecule has 0 radical (unpaired) electrons. The molecule has 5 heteroatoms.